The van der Waals surface area contributed by atoms with Gasteiger partial charge in [0.15, 0.2) is 0 Å². The van der Waals surface area contributed by atoms with Crippen molar-refractivity contribution in [3.05, 3.63) is 30.1 Å². The summed E-state index contributed by atoms with van der Waals surface area (Å²) in [6.07, 6.45) is 2.43. The molecule has 1 fully saturated rings. The maximum atomic E-state index is 12.9. The first-order valence-corrected chi connectivity index (χ1v) is 5.67. The summed E-state index contributed by atoms with van der Waals surface area (Å²) < 4.78 is 12.9. The standard InChI is InChI=1S/C13H18FN/c1-9(2)10-6-13(7-10)15-12-5-3-4-11(14)8-12/h3-5,8-10,13,15H,6-7H2,1-2H3. The van der Waals surface area contributed by atoms with Crippen molar-refractivity contribution in [3.63, 3.8) is 0 Å². The van der Waals surface area contributed by atoms with Gasteiger partial charge in [0, 0.05) is 11.7 Å². The van der Waals surface area contributed by atoms with E-state index < -0.39 is 0 Å². The average Bonchev–Trinajstić information content (AvgIpc) is 2.10. The largest absolute Gasteiger partial charge is 0.382 e. The monoisotopic (exact) mass is 207 g/mol. The third-order valence-corrected chi connectivity index (χ3v) is 3.31. The molecule has 0 unspecified atom stereocenters. The number of hydrogen-bond donors (Lipinski definition) is 1. The van der Waals surface area contributed by atoms with Gasteiger partial charge in [-0.05, 0) is 42.9 Å². The Morgan fingerprint density at radius 1 is 1.33 bits per heavy atom. The first kappa shape index (κ1) is 10.5. The number of hydrogen-bond acceptors (Lipinski definition) is 1. The van der Waals surface area contributed by atoms with Crippen molar-refractivity contribution in [1.82, 2.24) is 0 Å². The lowest BCUT2D eigenvalue weighted by Crippen LogP contribution is -2.37. The molecule has 1 N–H and O–H groups in total. The molecule has 0 aliphatic heterocycles. The van der Waals surface area contributed by atoms with Gasteiger partial charge in [0.05, 0.1) is 0 Å². The van der Waals surface area contributed by atoms with Crippen LogP contribution in [0.15, 0.2) is 24.3 Å². The fourth-order valence-electron chi connectivity index (χ4n) is 2.14. The minimum absolute atomic E-state index is 0.167. The zero-order valence-corrected chi connectivity index (χ0v) is 9.33. The van der Waals surface area contributed by atoms with E-state index in [1.165, 1.54) is 18.9 Å². The molecule has 1 aliphatic rings. The molecule has 1 aliphatic carbocycles. The third-order valence-electron chi connectivity index (χ3n) is 3.31. The molecule has 0 spiro atoms. The summed E-state index contributed by atoms with van der Waals surface area (Å²) in [5, 5.41) is 3.36. The van der Waals surface area contributed by atoms with Crippen molar-refractivity contribution >= 4 is 5.69 Å². The van der Waals surface area contributed by atoms with Gasteiger partial charge in [-0.15, -0.1) is 0 Å². The highest BCUT2D eigenvalue weighted by Crippen LogP contribution is 2.35. The third kappa shape index (κ3) is 2.49. The van der Waals surface area contributed by atoms with Crippen LogP contribution >= 0.6 is 0 Å². The van der Waals surface area contributed by atoms with Crippen molar-refractivity contribution in [2.45, 2.75) is 32.7 Å². The van der Waals surface area contributed by atoms with Crippen LogP contribution in [0.2, 0.25) is 0 Å². The molecule has 0 atom stereocenters. The van der Waals surface area contributed by atoms with E-state index >= 15 is 0 Å². The number of benzene rings is 1. The lowest BCUT2D eigenvalue weighted by Gasteiger charge is -2.39. The molecule has 0 bridgehead atoms. The highest BCUT2D eigenvalue weighted by atomic mass is 19.1. The van der Waals surface area contributed by atoms with Gasteiger partial charge in [0.1, 0.15) is 5.82 Å². The summed E-state index contributed by atoms with van der Waals surface area (Å²) in [5.74, 6) is 1.45. The van der Waals surface area contributed by atoms with Crippen molar-refractivity contribution in [1.29, 1.82) is 0 Å². The predicted octanol–water partition coefficient (Wildman–Crippen LogP) is 3.67. The first-order chi connectivity index (χ1) is 7.15. The van der Waals surface area contributed by atoms with Gasteiger partial charge in [0.2, 0.25) is 0 Å². The van der Waals surface area contributed by atoms with Crippen LogP contribution in [0.5, 0.6) is 0 Å². The first-order valence-electron chi connectivity index (χ1n) is 5.67. The Hall–Kier alpha value is -1.05. The minimum Gasteiger partial charge on any atom is -0.382 e. The smallest absolute Gasteiger partial charge is 0.125 e. The van der Waals surface area contributed by atoms with Gasteiger partial charge < -0.3 is 5.32 Å². The molecular formula is C13H18FN. The van der Waals surface area contributed by atoms with E-state index in [1.54, 1.807) is 12.1 Å². The lowest BCUT2D eigenvalue weighted by molar-refractivity contribution is 0.212. The van der Waals surface area contributed by atoms with Crippen LogP contribution < -0.4 is 5.32 Å². The van der Waals surface area contributed by atoms with Crippen LogP contribution in [-0.4, -0.2) is 6.04 Å². The van der Waals surface area contributed by atoms with Crippen molar-refractivity contribution < 1.29 is 4.39 Å². The molecule has 15 heavy (non-hydrogen) atoms. The second-order valence-corrected chi connectivity index (χ2v) is 4.83. The van der Waals surface area contributed by atoms with Crippen molar-refractivity contribution in [3.8, 4) is 0 Å². The normalized spacial score (nSPS) is 25.1. The molecule has 1 aromatic rings. The number of halogens is 1. The van der Waals surface area contributed by atoms with E-state index in [0.29, 0.717) is 6.04 Å². The van der Waals surface area contributed by atoms with Gasteiger partial charge >= 0.3 is 0 Å². The zero-order chi connectivity index (χ0) is 10.8. The summed E-state index contributed by atoms with van der Waals surface area (Å²) in [4.78, 5) is 0. The Bertz CT molecular complexity index is 329. The summed E-state index contributed by atoms with van der Waals surface area (Å²) >= 11 is 0. The Morgan fingerprint density at radius 3 is 2.67 bits per heavy atom. The number of rotatable bonds is 3. The summed E-state index contributed by atoms with van der Waals surface area (Å²) in [5.41, 5.74) is 0.905. The molecule has 0 amide bonds. The molecule has 1 nitrogen and oxygen atoms in total. The maximum Gasteiger partial charge on any atom is 0.125 e. The zero-order valence-electron chi connectivity index (χ0n) is 9.33. The second kappa shape index (κ2) is 4.21. The molecule has 82 valence electrons. The average molecular weight is 207 g/mol. The molecule has 0 saturated heterocycles. The second-order valence-electron chi connectivity index (χ2n) is 4.83. The van der Waals surface area contributed by atoms with Gasteiger partial charge in [-0.2, -0.15) is 0 Å². The summed E-state index contributed by atoms with van der Waals surface area (Å²) in [6, 6.07) is 7.24. The van der Waals surface area contributed by atoms with Crippen LogP contribution in [0.1, 0.15) is 26.7 Å². The summed E-state index contributed by atoms with van der Waals surface area (Å²) in [6.45, 7) is 4.53. The van der Waals surface area contributed by atoms with Gasteiger partial charge in [-0.25, -0.2) is 4.39 Å². The molecule has 0 heterocycles. The highest BCUT2D eigenvalue weighted by molar-refractivity contribution is 5.44. The van der Waals surface area contributed by atoms with Crippen LogP contribution in [0.25, 0.3) is 0 Å². The molecule has 0 radical (unpaired) electrons. The Labute approximate surface area is 90.7 Å². The predicted molar refractivity (Wildman–Crippen MR) is 61.4 cm³/mol. The molecule has 2 rings (SSSR count). The lowest BCUT2D eigenvalue weighted by atomic mass is 9.73. The van der Waals surface area contributed by atoms with E-state index in [1.807, 2.05) is 6.07 Å². The van der Waals surface area contributed by atoms with E-state index in [0.717, 1.165) is 17.5 Å². The minimum atomic E-state index is -0.167. The molecule has 1 saturated carbocycles. The van der Waals surface area contributed by atoms with Crippen molar-refractivity contribution in [2.75, 3.05) is 5.32 Å². The maximum absolute atomic E-state index is 12.9. The topological polar surface area (TPSA) is 12.0 Å². The Morgan fingerprint density at radius 2 is 2.07 bits per heavy atom. The van der Waals surface area contributed by atoms with Crippen LogP contribution in [0, 0.1) is 17.7 Å². The molecule has 1 aromatic carbocycles. The Kier molecular flexibility index (Phi) is 2.94. The van der Waals surface area contributed by atoms with E-state index in [-0.39, 0.29) is 5.82 Å². The van der Waals surface area contributed by atoms with Gasteiger partial charge in [0.25, 0.3) is 0 Å². The highest BCUT2D eigenvalue weighted by Gasteiger charge is 2.30. The van der Waals surface area contributed by atoms with Crippen LogP contribution in [0.3, 0.4) is 0 Å². The summed E-state index contributed by atoms with van der Waals surface area (Å²) in [7, 11) is 0. The van der Waals surface area contributed by atoms with E-state index in [9.17, 15) is 4.39 Å². The molecular weight excluding hydrogens is 189 g/mol. The van der Waals surface area contributed by atoms with Crippen LogP contribution in [-0.2, 0) is 0 Å². The number of anilines is 1. The van der Waals surface area contributed by atoms with E-state index in [4.69, 9.17) is 0 Å². The molecule has 2 heteroatoms. The molecule has 0 aromatic heterocycles. The van der Waals surface area contributed by atoms with E-state index in [2.05, 4.69) is 19.2 Å². The van der Waals surface area contributed by atoms with Crippen molar-refractivity contribution in [2.24, 2.45) is 11.8 Å². The fourth-order valence-corrected chi connectivity index (χ4v) is 2.14. The number of nitrogens with one attached hydrogen (secondary N) is 1. The Balaban J connectivity index is 1.85. The SMILES string of the molecule is CC(C)C1CC(Nc2cccc(F)c2)C1. The van der Waals surface area contributed by atoms with Crippen LogP contribution in [0.4, 0.5) is 10.1 Å². The van der Waals surface area contributed by atoms with Gasteiger partial charge in [-0.1, -0.05) is 19.9 Å². The quantitative estimate of drug-likeness (QED) is 0.797. The fraction of sp³-hybridized carbons (Fsp3) is 0.538. The van der Waals surface area contributed by atoms with Gasteiger partial charge in [-0.3, -0.25) is 0 Å².